The van der Waals surface area contributed by atoms with Gasteiger partial charge in [0.05, 0.1) is 0 Å². The highest BCUT2D eigenvalue weighted by Gasteiger charge is 2.10. The molecule has 0 aliphatic heterocycles. The average molecular weight is 447 g/mol. The predicted molar refractivity (Wildman–Crippen MR) is 127 cm³/mol. The first kappa shape index (κ1) is 23.5. The first-order valence-electron chi connectivity index (χ1n) is 10.6. The molecule has 3 aromatic rings. The maximum Gasteiger partial charge on any atom is 0.308 e. The van der Waals surface area contributed by atoms with Gasteiger partial charge >= 0.3 is 5.97 Å². The highest BCUT2D eigenvalue weighted by molar-refractivity contribution is 6.05. The second-order valence-corrected chi connectivity index (χ2v) is 7.39. The number of anilines is 2. The maximum atomic E-state index is 12.6. The van der Waals surface area contributed by atoms with Crippen molar-refractivity contribution >= 4 is 29.2 Å². The number of nitrogens with one attached hydrogen (secondary N) is 2. The van der Waals surface area contributed by atoms with Gasteiger partial charge in [-0.05, 0) is 60.5 Å². The Bertz CT molecular complexity index is 1130. The average Bonchev–Trinajstić information content (AvgIpc) is 2.79. The molecule has 2 N–H and O–H groups in total. The van der Waals surface area contributed by atoms with Gasteiger partial charge in [-0.2, -0.15) is 0 Å². The van der Waals surface area contributed by atoms with Crippen LogP contribution in [-0.2, 0) is 16.0 Å². The van der Waals surface area contributed by atoms with E-state index >= 15 is 0 Å². The third kappa shape index (κ3) is 7.50. The van der Waals surface area contributed by atoms with Crippen molar-refractivity contribution in [3.63, 3.8) is 0 Å². The van der Waals surface area contributed by atoms with Gasteiger partial charge in [-0.1, -0.05) is 37.6 Å². The fraction of sp³-hybridized carbons (Fsp3) is 0.192. The van der Waals surface area contributed by atoms with E-state index in [1.165, 1.54) is 18.6 Å². The smallest absolute Gasteiger partial charge is 0.308 e. The summed E-state index contributed by atoms with van der Waals surface area (Å²) < 4.78 is 10.6. The molecule has 0 spiro atoms. The molecule has 0 saturated carbocycles. The molecule has 3 aromatic carbocycles. The van der Waals surface area contributed by atoms with Gasteiger partial charge < -0.3 is 20.1 Å². The van der Waals surface area contributed by atoms with Gasteiger partial charge in [0.25, 0.3) is 11.8 Å². The van der Waals surface area contributed by atoms with Crippen LogP contribution in [0.2, 0.25) is 0 Å². The molecule has 0 unspecified atom stereocenters. The topological polar surface area (TPSA) is 93.7 Å². The predicted octanol–water partition coefficient (Wildman–Crippen LogP) is 4.83. The lowest BCUT2D eigenvalue weighted by Crippen LogP contribution is -2.20. The van der Waals surface area contributed by atoms with Crippen LogP contribution in [0.3, 0.4) is 0 Å². The third-order valence-corrected chi connectivity index (χ3v) is 4.59. The van der Waals surface area contributed by atoms with Crippen LogP contribution in [-0.4, -0.2) is 24.4 Å². The molecule has 0 fully saturated rings. The van der Waals surface area contributed by atoms with Crippen LogP contribution in [0, 0.1) is 0 Å². The minimum absolute atomic E-state index is 0.132. The summed E-state index contributed by atoms with van der Waals surface area (Å²) in [4.78, 5) is 35.9. The second kappa shape index (κ2) is 11.5. The number of ether oxygens (including phenoxy) is 2. The van der Waals surface area contributed by atoms with Crippen LogP contribution >= 0.6 is 0 Å². The van der Waals surface area contributed by atoms with Gasteiger partial charge in [0.2, 0.25) is 0 Å². The van der Waals surface area contributed by atoms with Crippen LogP contribution in [0.25, 0.3) is 0 Å². The van der Waals surface area contributed by atoms with Gasteiger partial charge in [0, 0.05) is 23.9 Å². The number of benzene rings is 3. The molecule has 0 aliphatic rings. The Labute approximate surface area is 192 Å². The number of aryl methyl sites for hydroxylation is 1. The number of hydrogen-bond acceptors (Lipinski definition) is 5. The lowest BCUT2D eigenvalue weighted by Gasteiger charge is -2.10. The number of carbonyl (C=O) groups excluding carboxylic acids is 3. The summed E-state index contributed by atoms with van der Waals surface area (Å²) in [6.45, 7) is 3.28. The highest BCUT2D eigenvalue weighted by atomic mass is 16.5. The molecule has 170 valence electrons. The molecule has 0 radical (unpaired) electrons. The van der Waals surface area contributed by atoms with Gasteiger partial charge in [-0.15, -0.1) is 0 Å². The summed E-state index contributed by atoms with van der Waals surface area (Å²) in [6.07, 6.45) is 2.08. The normalized spacial score (nSPS) is 10.2. The zero-order chi connectivity index (χ0) is 23.6. The van der Waals surface area contributed by atoms with Crippen molar-refractivity contribution in [3.05, 3.63) is 83.9 Å². The summed E-state index contributed by atoms with van der Waals surface area (Å²) in [6, 6.07) is 20.8. The van der Waals surface area contributed by atoms with E-state index < -0.39 is 5.97 Å². The summed E-state index contributed by atoms with van der Waals surface area (Å²) in [5, 5.41) is 5.52. The van der Waals surface area contributed by atoms with E-state index in [-0.39, 0.29) is 24.2 Å². The molecule has 2 amide bonds. The van der Waals surface area contributed by atoms with E-state index in [0.29, 0.717) is 22.7 Å². The quantitative estimate of drug-likeness (QED) is 0.363. The number of hydrogen-bond donors (Lipinski definition) is 2. The second-order valence-electron chi connectivity index (χ2n) is 7.39. The van der Waals surface area contributed by atoms with Crippen molar-refractivity contribution in [1.29, 1.82) is 0 Å². The lowest BCUT2D eigenvalue weighted by atomic mass is 10.1. The molecule has 3 rings (SSSR count). The fourth-order valence-corrected chi connectivity index (χ4v) is 3.13. The lowest BCUT2D eigenvalue weighted by molar-refractivity contribution is -0.131. The first-order valence-corrected chi connectivity index (χ1v) is 10.6. The number of amides is 2. The zero-order valence-electron chi connectivity index (χ0n) is 18.6. The standard InChI is InChI=1S/C26H26N2O5/c1-3-6-19-11-13-23(14-12-19)32-17-25(30)27-21-8-5-9-22(16-21)28-26(31)20-7-4-10-24(15-20)33-18(2)29/h4-5,7-16H,3,6,17H2,1-2H3,(H,27,30)(H,28,31). The molecule has 0 aliphatic carbocycles. The summed E-state index contributed by atoms with van der Waals surface area (Å²) in [5.74, 6) is -0.237. The van der Waals surface area contributed by atoms with Crippen LogP contribution in [0.5, 0.6) is 11.5 Å². The minimum Gasteiger partial charge on any atom is -0.484 e. The highest BCUT2D eigenvalue weighted by Crippen LogP contribution is 2.19. The van der Waals surface area contributed by atoms with Gasteiger partial charge in [0.1, 0.15) is 11.5 Å². The maximum absolute atomic E-state index is 12.6. The molecule has 7 heteroatoms. The van der Waals surface area contributed by atoms with E-state index in [1.54, 1.807) is 42.5 Å². The van der Waals surface area contributed by atoms with Crippen molar-refractivity contribution in [2.75, 3.05) is 17.2 Å². The number of esters is 1. The Kier molecular flexibility index (Phi) is 8.18. The van der Waals surface area contributed by atoms with E-state index in [2.05, 4.69) is 17.6 Å². The summed E-state index contributed by atoms with van der Waals surface area (Å²) in [7, 11) is 0. The molecular weight excluding hydrogens is 420 g/mol. The summed E-state index contributed by atoms with van der Waals surface area (Å²) >= 11 is 0. The molecule has 7 nitrogen and oxygen atoms in total. The van der Waals surface area contributed by atoms with Crippen molar-refractivity contribution < 1.29 is 23.9 Å². The molecule has 0 heterocycles. The van der Waals surface area contributed by atoms with E-state index in [1.807, 2.05) is 24.3 Å². The number of rotatable bonds is 9. The molecule has 0 bridgehead atoms. The Hall–Kier alpha value is -4.13. The van der Waals surface area contributed by atoms with Crippen LogP contribution in [0.15, 0.2) is 72.8 Å². The van der Waals surface area contributed by atoms with Crippen LogP contribution in [0.4, 0.5) is 11.4 Å². The van der Waals surface area contributed by atoms with E-state index in [0.717, 1.165) is 12.8 Å². The Morgan fingerprint density at radius 2 is 1.52 bits per heavy atom. The van der Waals surface area contributed by atoms with Crippen molar-refractivity contribution in [1.82, 2.24) is 0 Å². The Morgan fingerprint density at radius 3 is 2.21 bits per heavy atom. The van der Waals surface area contributed by atoms with Crippen LogP contribution < -0.4 is 20.1 Å². The van der Waals surface area contributed by atoms with Crippen molar-refractivity contribution in [2.45, 2.75) is 26.7 Å². The number of carbonyl (C=O) groups is 3. The monoisotopic (exact) mass is 446 g/mol. The molecule has 0 aromatic heterocycles. The third-order valence-electron chi connectivity index (χ3n) is 4.59. The van der Waals surface area contributed by atoms with Gasteiger partial charge in [-0.25, -0.2) is 0 Å². The largest absolute Gasteiger partial charge is 0.484 e. The Balaban J connectivity index is 1.55. The van der Waals surface area contributed by atoms with Crippen molar-refractivity contribution in [3.8, 4) is 11.5 Å². The molecule has 0 saturated heterocycles. The van der Waals surface area contributed by atoms with Gasteiger partial charge in [0.15, 0.2) is 6.61 Å². The van der Waals surface area contributed by atoms with Crippen LogP contribution in [0.1, 0.15) is 36.2 Å². The van der Waals surface area contributed by atoms with Gasteiger partial charge in [-0.3, -0.25) is 14.4 Å². The fourth-order valence-electron chi connectivity index (χ4n) is 3.13. The zero-order valence-corrected chi connectivity index (χ0v) is 18.6. The van der Waals surface area contributed by atoms with Crippen molar-refractivity contribution in [2.24, 2.45) is 0 Å². The Morgan fingerprint density at radius 1 is 0.818 bits per heavy atom. The molecule has 0 atom stereocenters. The SMILES string of the molecule is CCCc1ccc(OCC(=O)Nc2cccc(NC(=O)c3cccc(OC(C)=O)c3)c2)cc1. The molecular formula is C26H26N2O5. The van der Waals surface area contributed by atoms with E-state index in [9.17, 15) is 14.4 Å². The van der Waals surface area contributed by atoms with E-state index in [4.69, 9.17) is 9.47 Å². The minimum atomic E-state index is -0.464. The molecule has 33 heavy (non-hydrogen) atoms. The first-order chi connectivity index (χ1) is 15.9. The summed E-state index contributed by atoms with van der Waals surface area (Å²) in [5.41, 5.74) is 2.59.